The maximum Gasteiger partial charge on any atom is 0.289 e. The van der Waals surface area contributed by atoms with Crippen LogP contribution in [-0.2, 0) is 9.53 Å². The molecule has 0 radical (unpaired) electrons. The van der Waals surface area contributed by atoms with Crippen LogP contribution in [0, 0.1) is 0 Å². The van der Waals surface area contributed by atoms with Crippen LogP contribution in [0.3, 0.4) is 0 Å². The quantitative estimate of drug-likeness (QED) is 0.846. The minimum absolute atomic E-state index is 0.0197. The lowest BCUT2D eigenvalue weighted by Gasteiger charge is -2.33. The van der Waals surface area contributed by atoms with Gasteiger partial charge in [0.15, 0.2) is 5.76 Å². The van der Waals surface area contributed by atoms with Crippen LogP contribution in [0.4, 0.5) is 0 Å². The second-order valence-corrected chi connectivity index (χ2v) is 5.98. The number of ether oxygens (including phenoxy) is 1. The molecule has 1 unspecified atom stereocenters. The SMILES string of the molecule is O=C(CN1CCN(C(=O)c2ccco2)CC1)NCC1CCCO1. The Kier molecular flexibility index (Phi) is 5.30. The van der Waals surface area contributed by atoms with Crippen LogP contribution in [0.25, 0.3) is 0 Å². The number of carbonyl (C=O) groups is 2. The van der Waals surface area contributed by atoms with Gasteiger partial charge in [0.2, 0.25) is 5.91 Å². The third kappa shape index (κ3) is 4.33. The zero-order valence-electron chi connectivity index (χ0n) is 13.2. The predicted molar refractivity (Wildman–Crippen MR) is 83.0 cm³/mol. The summed E-state index contributed by atoms with van der Waals surface area (Å²) in [6, 6.07) is 3.38. The van der Waals surface area contributed by atoms with Crippen molar-refractivity contribution in [2.75, 3.05) is 45.9 Å². The van der Waals surface area contributed by atoms with Crippen molar-refractivity contribution >= 4 is 11.8 Å². The monoisotopic (exact) mass is 321 g/mol. The third-order valence-electron chi connectivity index (χ3n) is 4.31. The molecule has 3 rings (SSSR count). The summed E-state index contributed by atoms with van der Waals surface area (Å²) in [5, 5.41) is 2.93. The smallest absolute Gasteiger partial charge is 0.289 e. The van der Waals surface area contributed by atoms with E-state index < -0.39 is 0 Å². The van der Waals surface area contributed by atoms with E-state index in [1.54, 1.807) is 17.0 Å². The van der Waals surface area contributed by atoms with Gasteiger partial charge in [-0.1, -0.05) is 0 Å². The topological polar surface area (TPSA) is 75.0 Å². The molecule has 1 aromatic heterocycles. The first-order valence-electron chi connectivity index (χ1n) is 8.16. The van der Waals surface area contributed by atoms with E-state index in [0.717, 1.165) is 19.4 Å². The average molecular weight is 321 g/mol. The molecule has 126 valence electrons. The van der Waals surface area contributed by atoms with E-state index in [2.05, 4.69) is 10.2 Å². The van der Waals surface area contributed by atoms with E-state index in [4.69, 9.17) is 9.15 Å². The van der Waals surface area contributed by atoms with Gasteiger partial charge in [-0.2, -0.15) is 0 Å². The van der Waals surface area contributed by atoms with E-state index in [1.165, 1.54) is 6.26 Å². The highest BCUT2D eigenvalue weighted by Gasteiger charge is 2.25. The molecular weight excluding hydrogens is 298 g/mol. The Bertz CT molecular complexity index is 517. The summed E-state index contributed by atoms with van der Waals surface area (Å²) in [5.74, 6) is 0.302. The van der Waals surface area contributed by atoms with Crippen molar-refractivity contribution in [3.05, 3.63) is 24.2 Å². The van der Waals surface area contributed by atoms with Crippen molar-refractivity contribution in [2.24, 2.45) is 0 Å². The molecule has 3 heterocycles. The molecular formula is C16H23N3O4. The zero-order valence-corrected chi connectivity index (χ0v) is 13.2. The molecule has 0 bridgehead atoms. The molecule has 1 N–H and O–H groups in total. The molecule has 1 aromatic rings. The molecule has 0 spiro atoms. The van der Waals surface area contributed by atoms with Crippen LogP contribution in [0.2, 0.25) is 0 Å². The molecule has 0 aliphatic carbocycles. The number of nitrogens with one attached hydrogen (secondary N) is 1. The normalized spacial score (nSPS) is 22.3. The van der Waals surface area contributed by atoms with Crippen molar-refractivity contribution in [3.63, 3.8) is 0 Å². The van der Waals surface area contributed by atoms with Crippen LogP contribution in [0.5, 0.6) is 0 Å². The largest absolute Gasteiger partial charge is 0.459 e. The fourth-order valence-electron chi connectivity index (χ4n) is 2.96. The maximum atomic E-state index is 12.2. The Morgan fingerprint density at radius 1 is 1.26 bits per heavy atom. The highest BCUT2D eigenvalue weighted by atomic mass is 16.5. The van der Waals surface area contributed by atoms with Crippen molar-refractivity contribution in [1.29, 1.82) is 0 Å². The number of carbonyl (C=O) groups excluding carboxylic acids is 2. The first kappa shape index (κ1) is 16.0. The third-order valence-corrected chi connectivity index (χ3v) is 4.31. The summed E-state index contributed by atoms with van der Waals surface area (Å²) in [7, 11) is 0. The lowest BCUT2D eigenvalue weighted by atomic mass is 10.2. The van der Waals surface area contributed by atoms with Crippen molar-refractivity contribution in [2.45, 2.75) is 18.9 Å². The number of piperazine rings is 1. The van der Waals surface area contributed by atoms with Crippen LogP contribution in [-0.4, -0.2) is 73.6 Å². The Morgan fingerprint density at radius 3 is 2.74 bits per heavy atom. The lowest BCUT2D eigenvalue weighted by Crippen LogP contribution is -2.51. The molecule has 7 nitrogen and oxygen atoms in total. The number of nitrogens with zero attached hydrogens (tertiary/aromatic N) is 2. The first-order chi connectivity index (χ1) is 11.2. The van der Waals surface area contributed by atoms with Gasteiger partial charge in [-0.05, 0) is 25.0 Å². The number of amides is 2. The van der Waals surface area contributed by atoms with Gasteiger partial charge in [-0.25, -0.2) is 0 Å². The summed E-state index contributed by atoms with van der Waals surface area (Å²) in [5.41, 5.74) is 0. The molecule has 2 saturated heterocycles. The molecule has 1 atom stereocenters. The van der Waals surface area contributed by atoms with E-state index >= 15 is 0 Å². The maximum absolute atomic E-state index is 12.2. The Hall–Kier alpha value is -1.86. The molecule has 0 aromatic carbocycles. The van der Waals surface area contributed by atoms with E-state index in [-0.39, 0.29) is 17.9 Å². The zero-order chi connectivity index (χ0) is 16.1. The summed E-state index contributed by atoms with van der Waals surface area (Å²) in [4.78, 5) is 28.0. The van der Waals surface area contributed by atoms with Gasteiger partial charge < -0.3 is 19.4 Å². The summed E-state index contributed by atoms with van der Waals surface area (Å²) < 4.78 is 10.6. The first-order valence-corrected chi connectivity index (χ1v) is 8.16. The Labute approximate surface area is 135 Å². The van der Waals surface area contributed by atoms with Gasteiger partial charge in [-0.3, -0.25) is 14.5 Å². The highest BCUT2D eigenvalue weighted by molar-refractivity contribution is 5.91. The Morgan fingerprint density at radius 2 is 2.09 bits per heavy atom. The predicted octanol–water partition coefficient (Wildman–Crippen LogP) is 0.333. The minimum atomic E-state index is -0.0857. The van der Waals surface area contributed by atoms with Crippen LogP contribution >= 0.6 is 0 Å². The van der Waals surface area contributed by atoms with E-state index in [1.807, 2.05) is 0 Å². The summed E-state index contributed by atoms with van der Waals surface area (Å²) in [6.07, 6.45) is 3.77. The van der Waals surface area contributed by atoms with Crippen LogP contribution in [0.15, 0.2) is 22.8 Å². The van der Waals surface area contributed by atoms with Gasteiger partial charge in [-0.15, -0.1) is 0 Å². The van der Waals surface area contributed by atoms with Gasteiger partial charge in [0.25, 0.3) is 5.91 Å². The molecule has 2 aliphatic heterocycles. The summed E-state index contributed by atoms with van der Waals surface area (Å²) >= 11 is 0. The highest BCUT2D eigenvalue weighted by Crippen LogP contribution is 2.11. The second kappa shape index (κ2) is 7.61. The Balaban J connectivity index is 1.37. The van der Waals surface area contributed by atoms with Gasteiger partial charge in [0.05, 0.1) is 18.9 Å². The number of hydrogen-bond donors (Lipinski definition) is 1. The molecule has 23 heavy (non-hydrogen) atoms. The van der Waals surface area contributed by atoms with Crippen molar-refractivity contribution in [3.8, 4) is 0 Å². The van der Waals surface area contributed by atoms with Crippen molar-refractivity contribution in [1.82, 2.24) is 15.1 Å². The number of rotatable bonds is 5. The minimum Gasteiger partial charge on any atom is -0.459 e. The molecule has 2 aliphatic rings. The van der Waals surface area contributed by atoms with Gasteiger partial charge >= 0.3 is 0 Å². The van der Waals surface area contributed by atoms with Crippen LogP contribution in [0.1, 0.15) is 23.4 Å². The molecule has 2 amide bonds. The lowest BCUT2D eigenvalue weighted by molar-refractivity contribution is -0.123. The molecule has 7 heteroatoms. The molecule has 2 fully saturated rings. The van der Waals surface area contributed by atoms with Crippen molar-refractivity contribution < 1.29 is 18.7 Å². The summed E-state index contributed by atoms with van der Waals surface area (Å²) in [6.45, 7) is 4.37. The van der Waals surface area contributed by atoms with E-state index in [9.17, 15) is 9.59 Å². The average Bonchev–Trinajstić information content (AvgIpc) is 3.26. The molecule has 0 saturated carbocycles. The van der Waals surface area contributed by atoms with Gasteiger partial charge in [0.1, 0.15) is 0 Å². The van der Waals surface area contributed by atoms with Crippen LogP contribution < -0.4 is 5.32 Å². The fourth-order valence-corrected chi connectivity index (χ4v) is 2.96. The standard InChI is InChI=1S/C16H23N3O4/c20-15(17-11-13-3-1-9-22-13)12-18-5-7-19(8-6-18)16(21)14-4-2-10-23-14/h2,4,10,13H,1,3,5-9,11-12H2,(H,17,20). The van der Waals surface area contributed by atoms with Gasteiger partial charge in [0, 0.05) is 39.3 Å². The van der Waals surface area contributed by atoms with E-state index in [0.29, 0.717) is 45.0 Å². The fraction of sp³-hybridized carbons (Fsp3) is 0.625. The second-order valence-electron chi connectivity index (χ2n) is 5.98. The number of hydrogen-bond acceptors (Lipinski definition) is 5. The number of furan rings is 1.